The summed E-state index contributed by atoms with van der Waals surface area (Å²) in [4.78, 5) is 25.6. The molecule has 0 spiro atoms. The minimum atomic E-state index is -0.747. The average Bonchev–Trinajstić information content (AvgIpc) is 2.64. The Balaban J connectivity index is 2.73. The molecule has 1 atom stereocenters. The lowest BCUT2D eigenvalue weighted by Crippen LogP contribution is -2.47. The largest absolute Gasteiger partial charge is 0.493 e. The molecule has 28 heavy (non-hydrogen) atoms. The summed E-state index contributed by atoms with van der Waals surface area (Å²) in [6.07, 6.45) is 0.839. The quantitative estimate of drug-likeness (QED) is 0.397. The van der Waals surface area contributed by atoms with Gasteiger partial charge in [-0.05, 0) is 45.5 Å². The van der Waals surface area contributed by atoms with Crippen molar-refractivity contribution < 1.29 is 19.2 Å². The fourth-order valence-corrected chi connectivity index (χ4v) is 3.69. The van der Waals surface area contributed by atoms with Crippen LogP contribution in [-0.4, -0.2) is 41.0 Å². The van der Waals surface area contributed by atoms with E-state index in [-0.39, 0.29) is 17.2 Å². The molecule has 0 fully saturated rings. The maximum absolute atomic E-state index is 12.5. The molecule has 1 aromatic carbocycles. The maximum Gasteiger partial charge on any atom is 0.279 e. The van der Waals surface area contributed by atoms with Crippen molar-refractivity contribution in [3.05, 3.63) is 39.1 Å². The molecule has 0 aromatic heterocycles. The highest BCUT2D eigenvalue weighted by Crippen LogP contribution is 2.41. The summed E-state index contributed by atoms with van der Waals surface area (Å²) in [5, 5.41) is 15.3. The van der Waals surface area contributed by atoms with Crippen LogP contribution in [0.15, 0.2) is 23.4 Å². The number of benzene rings is 1. The highest BCUT2D eigenvalue weighted by molar-refractivity contribution is 7.80. The maximum atomic E-state index is 12.5. The highest BCUT2D eigenvalue weighted by Gasteiger charge is 2.36. The van der Waals surface area contributed by atoms with E-state index in [1.807, 2.05) is 25.7 Å². The first-order chi connectivity index (χ1) is 13.3. The smallest absolute Gasteiger partial charge is 0.279 e. The molecule has 1 N–H and O–H groups in total. The fraction of sp³-hybridized carbons (Fsp3) is 0.474. The van der Waals surface area contributed by atoms with E-state index in [0.29, 0.717) is 40.8 Å². The van der Waals surface area contributed by atoms with Gasteiger partial charge in [0.15, 0.2) is 22.4 Å². The van der Waals surface area contributed by atoms with Crippen molar-refractivity contribution in [2.75, 3.05) is 20.3 Å². The number of nitrogens with one attached hydrogen (secondary N) is 1. The van der Waals surface area contributed by atoms with Crippen LogP contribution in [0, 0.1) is 10.1 Å². The van der Waals surface area contributed by atoms with Crippen LogP contribution in [0.3, 0.4) is 0 Å². The third-order valence-electron chi connectivity index (χ3n) is 4.54. The van der Waals surface area contributed by atoms with Crippen LogP contribution in [0.1, 0.15) is 45.7 Å². The molecule has 8 nitrogen and oxygen atoms in total. The number of allylic oxidation sites excluding steroid dienone is 1. The Morgan fingerprint density at radius 1 is 1.36 bits per heavy atom. The zero-order valence-corrected chi connectivity index (χ0v) is 17.5. The topological polar surface area (TPSA) is 93.9 Å². The number of Topliss-reactive ketones (excluding diaryl/α,β-unsaturated/α-hetero) is 1. The molecule has 0 amide bonds. The van der Waals surface area contributed by atoms with Crippen molar-refractivity contribution in [3.63, 3.8) is 0 Å². The zero-order valence-electron chi connectivity index (χ0n) is 16.7. The number of nitro benzene ring substituents is 1. The number of rotatable bonds is 8. The molecular formula is C19H25N3O5S. The van der Waals surface area contributed by atoms with Gasteiger partial charge in [0, 0.05) is 17.8 Å². The van der Waals surface area contributed by atoms with Crippen LogP contribution in [0.4, 0.5) is 5.69 Å². The number of hydrogen-bond acceptors (Lipinski definition) is 6. The van der Waals surface area contributed by atoms with Crippen LogP contribution in [0.25, 0.3) is 0 Å². The van der Waals surface area contributed by atoms with Gasteiger partial charge in [0.25, 0.3) is 5.69 Å². The minimum Gasteiger partial charge on any atom is -0.493 e. The normalized spacial score (nSPS) is 16.7. The molecule has 152 valence electrons. The van der Waals surface area contributed by atoms with Gasteiger partial charge in [-0.3, -0.25) is 14.9 Å². The van der Waals surface area contributed by atoms with Crippen LogP contribution >= 0.6 is 12.2 Å². The van der Waals surface area contributed by atoms with Gasteiger partial charge in [0.2, 0.25) is 0 Å². The monoisotopic (exact) mass is 407 g/mol. The van der Waals surface area contributed by atoms with Crippen molar-refractivity contribution in [3.8, 4) is 11.5 Å². The molecular weight excluding hydrogens is 382 g/mol. The Morgan fingerprint density at radius 3 is 2.54 bits per heavy atom. The van der Waals surface area contributed by atoms with E-state index in [1.165, 1.54) is 20.1 Å². The van der Waals surface area contributed by atoms with Gasteiger partial charge < -0.3 is 19.7 Å². The molecule has 0 saturated heterocycles. The van der Waals surface area contributed by atoms with Gasteiger partial charge in [0.1, 0.15) is 0 Å². The standard InChI is InChI=1S/C19H25N3O5S/c1-6-8-21-11(3)17(12(4)23)18(20-19(21)28)13-9-16(27-7-2)15(26-5)10-14(13)22(24)25/h9-10,18H,6-8H2,1-5H3,(H,20,28). The van der Waals surface area contributed by atoms with Gasteiger partial charge >= 0.3 is 0 Å². The number of nitrogens with zero attached hydrogens (tertiary/aromatic N) is 2. The van der Waals surface area contributed by atoms with E-state index in [9.17, 15) is 14.9 Å². The molecule has 1 unspecified atom stereocenters. The zero-order chi connectivity index (χ0) is 21.0. The lowest BCUT2D eigenvalue weighted by atomic mass is 9.91. The van der Waals surface area contributed by atoms with Crippen molar-refractivity contribution >= 4 is 28.8 Å². The van der Waals surface area contributed by atoms with Crippen molar-refractivity contribution in [1.29, 1.82) is 0 Å². The molecule has 0 radical (unpaired) electrons. The summed E-state index contributed by atoms with van der Waals surface area (Å²) >= 11 is 5.47. The lowest BCUT2D eigenvalue weighted by molar-refractivity contribution is -0.385. The van der Waals surface area contributed by atoms with Crippen molar-refractivity contribution in [1.82, 2.24) is 10.2 Å². The predicted octanol–water partition coefficient (Wildman–Crippen LogP) is 3.51. The first kappa shape index (κ1) is 21.6. The Kier molecular flexibility index (Phi) is 6.95. The van der Waals surface area contributed by atoms with E-state index < -0.39 is 11.0 Å². The first-order valence-electron chi connectivity index (χ1n) is 9.05. The molecule has 2 rings (SSSR count). The number of methoxy groups -OCH3 is 1. The Labute approximate surface area is 169 Å². The first-order valence-corrected chi connectivity index (χ1v) is 9.46. The minimum absolute atomic E-state index is 0.170. The summed E-state index contributed by atoms with van der Waals surface area (Å²) < 4.78 is 10.8. The second-order valence-electron chi connectivity index (χ2n) is 6.34. The number of hydrogen-bond donors (Lipinski definition) is 1. The average molecular weight is 407 g/mol. The van der Waals surface area contributed by atoms with Crippen LogP contribution < -0.4 is 14.8 Å². The third kappa shape index (κ3) is 4.09. The Hall–Kier alpha value is -2.68. The predicted molar refractivity (Wildman–Crippen MR) is 110 cm³/mol. The van der Waals surface area contributed by atoms with Crippen molar-refractivity contribution in [2.24, 2.45) is 0 Å². The van der Waals surface area contributed by atoms with Gasteiger partial charge in [-0.2, -0.15) is 0 Å². The SMILES string of the molecule is CCCN1C(=S)NC(c2cc(OCC)c(OC)cc2[N+](=O)[O-])C(C(C)=O)=C1C. The van der Waals surface area contributed by atoms with Crippen molar-refractivity contribution in [2.45, 2.75) is 40.2 Å². The summed E-state index contributed by atoms with van der Waals surface area (Å²) in [6, 6.07) is 2.12. The van der Waals surface area contributed by atoms with E-state index in [2.05, 4.69) is 5.32 Å². The molecule has 9 heteroatoms. The molecule has 1 aliphatic heterocycles. The number of ether oxygens (including phenoxy) is 2. The number of thiocarbonyl (C=S) groups is 1. The van der Waals surface area contributed by atoms with E-state index in [0.717, 1.165) is 6.42 Å². The van der Waals surface area contributed by atoms with Gasteiger partial charge in [-0.25, -0.2) is 0 Å². The number of carbonyl (C=O) groups is 1. The van der Waals surface area contributed by atoms with E-state index in [1.54, 1.807) is 6.07 Å². The number of ketones is 1. The molecule has 1 aliphatic rings. The summed E-state index contributed by atoms with van der Waals surface area (Å²) in [6.45, 7) is 8.09. The summed E-state index contributed by atoms with van der Waals surface area (Å²) in [7, 11) is 1.42. The van der Waals surface area contributed by atoms with Crippen LogP contribution in [0.5, 0.6) is 11.5 Å². The number of nitro groups is 1. The lowest BCUT2D eigenvalue weighted by Gasteiger charge is -2.37. The third-order valence-corrected chi connectivity index (χ3v) is 4.88. The Bertz CT molecular complexity index is 837. The van der Waals surface area contributed by atoms with Crippen LogP contribution in [-0.2, 0) is 4.79 Å². The molecule has 0 saturated carbocycles. The van der Waals surface area contributed by atoms with Crippen LogP contribution in [0.2, 0.25) is 0 Å². The molecule has 0 bridgehead atoms. The summed E-state index contributed by atoms with van der Waals surface area (Å²) in [5.41, 5.74) is 1.28. The second kappa shape index (κ2) is 9.01. The van der Waals surface area contributed by atoms with E-state index >= 15 is 0 Å². The summed E-state index contributed by atoms with van der Waals surface area (Å²) in [5.74, 6) is 0.449. The van der Waals surface area contributed by atoms with Gasteiger partial charge in [0.05, 0.1) is 36.3 Å². The molecule has 1 heterocycles. The Morgan fingerprint density at radius 2 is 2.04 bits per heavy atom. The highest BCUT2D eigenvalue weighted by atomic mass is 32.1. The molecule has 1 aromatic rings. The second-order valence-corrected chi connectivity index (χ2v) is 6.73. The van der Waals surface area contributed by atoms with Gasteiger partial charge in [-0.15, -0.1) is 0 Å². The van der Waals surface area contributed by atoms with Gasteiger partial charge in [-0.1, -0.05) is 6.92 Å². The number of carbonyl (C=O) groups excluding carboxylic acids is 1. The fourth-order valence-electron chi connectivity index (χ4n) is 3.35. The van der Waals surface area contributed by atoms with E-state index in [4.69, 9.17) is 21.7 Å². The molecule has 0 aliphatic carbocycles.